The van der Waals surface area contributed by atoms with E-state index in [1.165, 1.54) is 21.7 Å². The molecule has 0 atom stereocenters. The van der Waals surface area contributed by atoms with Gasteiger partial charge in [0.05, 0.1) is 21.9 Å². The number of hydrogen-bond donors (Lipinski definition) is 1. The highest BCUT2D eigenvalue weighted by molar-refractivity contribution is 7.89. The molecule has 0 spiro atoms. The van der Waals surface area contributed by atoms with Crippen LogP contribution >= 0.6 is 22.7 Å². The van der Waals surface area contributed by atoms with Gasteiger partial charge in [0, 0.05) is 24.2 Å². The molecule has 3 aromatic rings. The van der Waals surface area contributed by atoms with Gasteiger partial charge in [-0.1, -0.05) is 18.6 Å². The van der Waals surface area contributed by atoms with Crippen molar-refractivity contribution in [3.63, 3.8) is 0 Å². The molecule has 9 heteroatoms. The summed E-state index contributed by atoms with van der Waals surface area (Å²) in [5.41, 5.74) is 1.18. The highest BCUT2D eigenvalue weighted by atomic mass is 32.2. The number of hydrogen-bond acceptors (Lipinski definition) is 6. The number of amides is 1. The van der Waals surface area contributed by atoms with Gasteiger partial charge in [-0.15, -0.1) is 22.7 Å². The summed E-state index contributed by atoms with van der Waals surface area (Å²) >= 11 is 3.12. The second-order valence-electron chi connectivity index (χ2n) is 6.84. The molecule has 1 amide bonds. The fraction of sp³-hybridized carbons (Fsp3) is 0.300. The zero-order chi connectivity index (χ0) is 20.3. The van der Waals surface area contributed by atoms with Crippen LogP contribution in [-0.4, -0.2) is 36.7 Å². The van der Waals surface area contributed by atoms with E-state index in [2.05, 4.69) is 10.3 Å². The van der Waals surface area contributed by atoms with E-state index in [-0.39, 0.29) is 17.2 Å². The Bertz CT molecular complexity index is 1090. The lowest BCUT2D eigenvalue weighted by Gasteiger charge is -2.26. The Labute approximate surface area is 178 Å². The Balaban J connectivity index is 1.43. The number of sulfonamides is 1. The number of rotatable bonds is 6. The highest BCUT2D eigenvalue weighted by Crippen LogP contribution is 2.28. The molecule has 6 nitrogen and oxygen atoms in total. The van der Waals surface area contributed by atoms with Crippen LogP contribution in [0.3, 0.4) is 0 Å². The van der Waals surface area contributed by atoms with Crippen molar-refractivity contribution in [1.82, 2.24) is 9.29 Å². The molecule has 1 fully saturated rings. The molecule has 0 saturated carbocycles. The average molecular weight is 448 g/mol. The summed E-state index contributed by atoms with van der Waals surface area (Å²) < 4.78 is 27.2. The minimum Gasteiger partial charge on any atom is -0.326 e. The third-order valence-electron chi connectivity index (χ3n) is 4.70. The van der Waals surface area contributed by atoms with Gasteiger partial charge < -0.3 is 5.32 Å². The molecule has 0 aliphatic carbocycles. The van der Waals surface area contributed by atoms with Crippen LogP contribution in [0.25, 0.3) is 9.88 Å². The smallest absolute Gasteiger partial charge is 0.243 e. The van der Waals surface area contributed by atoms with Gasteiger partial charge in [0.1, 0.15) is 5.01 Å². The van der Waals surface area contributed by atoms with E-state index < -0.39 is 10.0 Å². The maximum atomic E-state index is 12.8. The van der Waals surface area contributed by atoms with E-state index >= 15 is 0 Å². The lowest BCUT2D eigenvalue weighted by molar-refractivity contribution is -0.115. The number of nitrogens with zero attached hydrogens (tertiary/aromatic N) is 2. The summed E-state index contributed by atoms with van der Waals surface area (Å²) in [6.07, 6.45) is 2.98. The summed E-state index contributed by atoms with van der Waals surface area (Å²) in [4.78, 5) is 18.2. The molecule has 1 aliphatic rings. The van der Waals surface area contributed by atoms with Crippen molar-refractivity contribution in [3.8, 4) is 9.88 Å². The normalized spacial score (nSPS) is 15.3. The largest absolute Gasteiger partial charge is 0.326 e. The predicted octanol–water partition coefficient (Wildman–Crippen LogP) is 4.23. The van der Waals surface area contributed by atoms with Crippen LogP contribution in [0.5, 0.6) is 0 Å². The van der Waals surface area contributed by atoms with Crippen LogP contribution in [0.4, 0.5) is 5.69 Å². The second-order valence-corrected chi connectivity index (χ2v) is 10.6. The van der Waals surface area contributed by atoms with E-state index in [1.807, 2.05) is 22.9 Å². The summed E-state index contributed by atoms with van der Waals surface area (Å²) in [5.74, 6) is -0.222. The molecule has 3 heterocycles. The van der Waals surface area contributed by atoms with Crippen molar-refractivity contribution in [2.45, 2.75) is 30.6 Å². The molecule has 0 bridgehead atoms. The maximum absolute atomic E-state index is 12.8. The SMILES string of the molecule is O=C(Cc1csc(-c2cccs2)n1)Nc1cccc(S(=O)(=O)N2CCCCC2)c1. The van der Waals surface area contributed by atoms with Gasteiger partial charge in [-0.3, -0.25) is 4.79 Å². The minimum atomic E-state index is -3.53. The number of anilines is 1. The molecule has 1 saturated heterocycles. The number of piperidine rings is 1. The van der Waals surface area contributed by atoms with Crippen molar-refractivity contribution in [3.05, 3.63) is 52.9 Å². The van der Waals surface area contributed by atoms with E-state index in [1.54, 1.807) is 29.5 Å². The number of carbonyl (C=O) groups is 1. The number of aromatic nitrogens is 1. The zero-order valence-corrected chi connectivity index (χ0v) is 18.2. The number of carbonyl (C=O) groups excluding carboxylic acids is 1. The van der Waals surface area contributed by atoms with Gasteiger partial charge >= 0.3 is 0 Å². The minimum absolute atomic E-state index is 0.144. The van der Waals surface area contributed by atoms with E-state index in [9.17, 15) is 13.2 Å². The fourth-order valence-electron chi connectivity index (χ4n) is 3.26. The molecule has 29 heavy (non-hydrogen) atoms. The molecule has 4 rings (SSSR count). The van der Waals surface area contributed by atoms with Crippen molar-refractivity contribution in [2.24, 2.45) is 0 Å². The molecule has 1 aliphatic heterocycles. The van der Waals surface area contributed by atoms with Gasteiger partial charge in [-0.2, -0.15) is 4.31 Å². The molecular weight excluding hydrogens is 426 g/mol. The lowest BCUT2D eigenvalue weighted by atomic mass is 10.2. The van der Waals surface area contributed by atoms with Crippen LogP contribution in [0.2, 0.25) is 0 Å². The van der Waals surface area contributed by atoms with Gasteiger partial charge in [0.2, 0.25) is 15.9 Å². The van der Waals surface area contributed by atoms with Crippen LogP contribution in [0, 0.1) is 0 Å². The summed E-state index contributed by atoms with van der Waals surface area (Å²) in [5, 5.41) is 7.57. The first kappa shape index (κ1) is 20.2. The summed E-state index contributed by atoms with van der Waals surface area (Å²) in [6, 6.07) is 10.4. The number of thiazole rings is 1. The van der Waals surface area contributed by atoms with Gasteiger partial charge in [0.15, 0.2) is 0 Å². The molecule has 0 radical (unpaired) electrons. The van der Waals surface area contributed by atoms with Gasteiger partial charge in [-0.05, 0) is 42.5 Å². The topological polar surface area (TPSA) is 79.4 Å². The Morgan fingerprint density at radius 2 is 1.93 bits per heavy atom. The quantitative estimate of drug-likeness (QED) is 0.613. The maximum Gasteiger partial charge on any atom is 0.243 e. The average Bonchev–Trinajstić information content (AvgIpc) is 3.40. The first-order chi connectivity index (χ1) is 14.0. The fourth-order valence-corrected chi connectivity index (χ4v) is 6.46. The Kier molecular flexibility index (Phi) is 6.09. The van der Waals surface area contributed by atoms with Crippen LogP contribution in [-0.2, 0) is 21.2 Å². The van der Waals surface area contributed by atoms with Crippen LogP contribution < -0.4 is 5.32 Å². The van der Waals surface area contributed by atoms with Crippen molar-refractivity contribution in [1.29, 1.82) is 0 Å². The second kappa shape index (κ2) is 8.74. The molecule has 1 N–H and O–H groups in total. The lowest BCUT2D eigenvalue weighted by Crippen LogP contribution is -2.35. The Morgan fingerprint density at radius 3 is 2.69 bits per heavy atom. The standard InChI is InChI=1S/C20H21N3O3S3/c24-19(13-16-14-28-20(22-16)18-8-5-11-27-18)21-15-6-4-7-17(12-15)29(25,26)23-9-2-1-3-10-23/h4-8,11-12,14H,1-3,9-10,13H2,(H,21,24). The Hall–Kier alpha value is -2.07. The van der Waals surface area contributed by atoms with E-state index in [4.69, 9.17) is 0 Å². The first-order valence-corrected chi connectivity index (χ1v) is 12.6. The third-order valence-corrected chi connectivity index (χ3v) is 8.52. The monoisotopic (exact) mass is 447 g/mol. The number of benzene rings is 1. The molecule has 2 aromatic heterocycles. The summed E-state index contributed by atoms with van der Waals surface area (Å²) in [6.45, 7) is 1.10. The number of nitrogens with one attached hydrogen (secondary N) is 1. The molecule has 1 aromatic carbocycles. The molecule has 0 unspecified atom stereocenters. The van der Waals surface area contributed by atoms with Crippen LogP contribution in [0.15, 0.2) is 52.1 Å². The highest BCUT2D eigenvalue weighted by Gasteiger charge is 2.26. The number of thiophene rings is 1. The Morgan fingerprint density at radius 1 is 1.10 bits per heavy atom. The van der Waals surface area contributed by atoms with Crippen molar-refractivity contribution >= 4 is 44.3 Å². The van der Waals surface area contributed by atoms with Crippen molar-refractivity contribution < 1.29 is 13.2 Å². The predicted molar refractivity (Wildman–Crippen MR) is 117 cm³/mol. The third kappa shape index (κ3) is 4.75. The van der Waals surface area contributed by atoms with Crippen LogP contribution in [0.1, 0.15) is 25.0 Å². The summed E-state index contributed by atoms with van der Waals surface area (Å²) in [7, 11) is -3.53. The molecule has 152 valence electrons. The van der Waals surface area contributed by atoms with E-state index in [0.717, 1.165) is 29.1 Å². The zero-order valence-electron chi connectivity index (χ0n) is 15.7. The first-order valence-electron chi connectivity index (χ1n) is 9.41. The van der Waals surface area contributed by atoms with Gasteiger partial charge in [0.25, 0.3) is 0 Å². The van der Waals surface area contributed by atoms with Gasteiger partial charge in [-0.25, -0.2) is 13.4 Å². The van der Waals surface area contributed by atoms with Crippen molar-refractivity contribution in [2.75, 3.05) is 18.4 Å². The van der Waals surface area contributed by atoms with E-state index in [0.29, 0.717) is 24.5 Å². The molecular formula is C20H21N3O3S3.